The molecule has 1 unspecified atom stereocenters. The summed E-state index contributed by atoms with van der Waals surface area (Å²) < 4.78 is 16.3. The van der Waals surface area contributed by atoms with Gasteiger partial charge in [0.1, 0.15) is 0 Å². The first-order valence-electron chi connectivity index (χ1n) is 6.68. The number of methoxy groups -OCH3 is 1. The van der Waals surface area contributed by atoms with E-state index in [0.29, 0.717) is 12.8 Å². The van der Waals surface area contributed by atoms with Crippen molar-refractivity contribution >= 4 is 0 Å². The number of para-hydroxylation sites is 1. The van der Waals surface area contributed by atoms with Crippen molar-refractivity contribution in [1.29, 1.82) is 0 Å². The molecule has 19 heavy (non-hydrogen) atoms. The summed E-state index contributed by atoms with van der Waals surface area (Å²) in [6.45, 7) is 7.46. The van der Waals surface area contributed by atoms with Gasteiger partial charge in [-0.3, -0.25) is 0 Å². The molecule has 0 spiro atoms. The molecule has 1 aliphatic heterocycles. The highest BCUT2D eigenvalue weighted by molar-refractivity contribution is 5.48. The summed E-state index contributed by atoms with van der Waals surface area (Å²) in [7, 11) is 1.75. The zero-order chi connectivity index (χ0) is 13.9. The lowest BCUT2D eigenvalue weighted by atomic mass is 9.99. The average Bonchev–Trinajstić information content (AvgIpc) is 2.84. The Hall–Kier alpha value is -1.26. The van der Waals surface area contributed by atoms with Crippen LogP contribution in [0.3, 0.4) is 0 Å². The van der Waals surface area contributed by atoms with E-state index in [1.54, 1.807) is 7.11 Å². The van der Waals surface area contributed by atoms with E-state index >= 15 is 0 Å². The Bertz CT molecular complexity index is 431. The van der Waals surface area contributed by atoms with Crippen LogP contribution in [0.4, 0.5) is 0 Å². The first-order chi connectivity index (χ1) is 9.02. The fraction of sp³-hybridized carbons (Fsp3) is 0.600. The molecule has 1 atom stereocenters. The normalized spacial score (nSPS) is 15.6. The van der Waals surface area contributed by atoms with Gasteiger partial charge in [-0.05, 0) is 33.3 Å². The Kier molecular flexibility index (Phi) is 4.32. The molecule has 0 saturated heterocycles. The van der Waals surface area contributed by atoms with Gasteiger partial charge >= 0.3 is 0 Å². The molecule has 106 valence electrons. The van der Waals surface area contributed by atoms with E-state index in [-0.39, 0.29) is 5.60 Å². The van der Waals surface area contributed by atoms with Crippen molar-refractivity contribution in [1.82, 2.24) is 5.32 Å². The van der Waals surface area contributed by atoms with Crippen LogP contribution in [-0.2, 0) is 11.3 Å². The molecule has 1 N–H and O–H groups in total. The van der Waals surface area contributed by atoms with Crippen LogP contribution < -0.4 is 14.8 Å². The number of hydrogen-bond donors (Lipinski definition) is 1. The number of hydrogen-bond acceptors (Lipinski definition) is 4. The summed E-state index contributed by atoms with van der Waals surface area (Å²) in [4.78, 5) is 0. The van der Waals surface area contributed by atoms with Gasteiger partial charge < -0.3 is 19.5 Å². The van der Waals surface area contributed by atoms with Gasteiger partial charge in [-0.1, -0.05) is 12.1 Å². The van der Waals surface area contributed by atoms with Crippen LogP contribution in [-0.4, -0.2) is 25.5 Å². The minimum absolute atomic E-state index is 0.106. The van der Waals surface area contributed by atoms with E-state index in [4.69, 9.17) is 14.2 Å². The molecule has 4 heteroatoms. The molecule has 0 amide bonds. The summed E-state index contributed by atoms with van der Waals surface area (Å²) >= 11 is 0. The predicted octanol–water partition coefficient (Wildman–Crippen LogP) is 2.71. The Morgan fingerprint density at radius 1 is 1.37 bits per heavy atom. The van der Waals surface area contributed by atoms with Gasteiger partial charge in [-0.2, -0.15) is 0 Å². The van der Waals surface area contributed by atoms with Crippen molar-refractivity contribution < 1.29 is 14.2 Å². The summed E-state index contributed by atoms with van der Waals surface area (Å²) in [5.74, 6) is 1.71. The minimum atomic E-state index is -0.106. The third-order valence-corrected chi connectivity index (χ3v) is 3.47. The summed E-state index contributed by atoms with van der Waals surface area (Å²) in [5, 5.41) is 3.50. The lowest BCUT2D eigenvalue weighted by Gasteiger charge is -2.27. The monoisotopic (exact) mass is 265 g/mol. The fourth-order valence-corrected chi connectivity index (χ4v) is 2.31. The van der Waals surface area contributed by atoms with Gasteiger partial charge in [0.2, 0.25) is 6.79 Å². The SMILES string of the molecule is COC(C)(C)CC(C)NCc1cccc2c1OCO2. The molecule has 0 aliphatic carbocycles. The molecule has 0 fully saturated rings. The number of nitrogens with one attached hydrogen (secondary N) is 1. The van der Waals surface area contributed by atoms with E-state index in [0.717, 1.165) is 30.0 Å². The molecular weight excluding hydrogens is 242 g/mol. The summed E-state index contributed by atoms with van der Waals surface area (Å²) in [6, 6.07) is 6.36. The number of rotatable bonds is 6. The molecular formula is C15H23NO3. The van der Waals surface area contributed by atoms with Crippen molar-refractivity contribution in [2.45, 2.75) is 45.4 Å². The minimum Gasteiger partial charge on any atom is -0.454 e. The fourth-order valence-electron chi connectivity index (χ4n) is 2.31. The van der Waals surface area contributed by atoms with Crippen molar-refractivity contribution in [3.05, 3.63) is 23.8 Å². The van der Waals surface area contributed by atoms with Gasteiger partial charge in [0.15, 0.2) is 11.5 Å². The van der Waals surface area contributed by atoms with Crippen molar-refractivity contribution in [3.63, 3.8) is 0 Å². The number of benzene rings is 1. The third kappa shape index (κ3) is 3.61. The van der Waals surface area contributed by atoms with Crippen LogP contribution in [0.2, 0.25) is 0 Å². The van der Waals surface area contributed by atoms with Crippen LogP contribution >= 0.6 is 0 Å². The maximum Gasteiger partial charge on any atom is 0.231 e. The maximum absolute atomic E-state index is 5.50. The topological polar surface area (TPSA) is 39.7 Å². The first-order valence-corrected chi connectivity index (χ1v) is 6.68. The Morgan fingerprint density at radius 3 is 2.89 bits per heavy atom. The smallest absolute Gasteiger partial charge is 0.231 e. The highest BCUT2D eigenvalue weighted by Crippen LogP contribution is 2.35. The zero-order valence-electron chi connectivity index (χ0n) is 12.2. The van der Waals surface area contributed by atoms with Crippen LogP contribution in [0.25, 0.3) is 0 Å². The van der Waals surface area contributed by atoms with Crippen LogP contribution in [0, 0.1) is 0 Å². The molecule has 0 bridgehead atoms. The predicted molar refractivity (Wildman–Crippen MR) is 74.6 cm³/mol. The maximum atomic E-state index is 5.50. The standard InChI is InChI=1S/C15H23NO3/c1-11(8-15(2,3)17-4)16-9-12-6-5-7-13-14(12)19-10-18-13/h5-7,11,16H,8-10H2,1-4H3. The summed E-state index contributed by atoms with van der Waals surface area (Å²) in [5.41, 5.74) is 1.03. The Labute approximate surface area is 115 Å². The van der Waals surface area contributed by atoms with Crippen LogP contribution in [0.1, 0.15) is 32.8 Å². The zero-order valence-corrected chi connectivity index (χ0v) is 12.2. The highest BCUT2D eigenvalue weighted by Gasteiger charge is 2.21. The van der Waals surface area contributed by atoms with Crippen molar-refractivity contribution in [2.75, 3.05) is 13.9 Å². The second kappa shape index (κ2) is 5.80. The van der Waals surface area contributed by atoms with E-state index in [1.165, 1.54) is 0 Å². The Balaban J connectivity index is 1.91. The molecule has 0 aromatic heterocycles. The van der Waals surface area contributed by atoms with E-state index < -0.39 is 0 Å². The third-order valence-electron chi connectivity index (χ3n) is 3.47. The van der Waals surface area contributed by atoms with Gasteiger partial charge in [-0.15, -0.1) is 0 Å². The van der Waals surface area contributed by atoms with Crippen molar-refractivity contribution in [3.8, 4) is 11.5 Å². The van der Waals surface area contributed by atoms with Gasteiger partial charge in [-0.25, -0.2) is 0 Å². The second-order valence-corrected chi connectivity index (χ2v) is 5.60. The molecule has 4 nitrogen and oxygen atoms in total. The summed E-state index contributed by atoms with van der Waals surface area (Å²) in [6.07, 6.45) is 0.954. The molecule has 1 heterocycles. The number of ether oxygens (including phenoxy) is 3. The van der Waals surface area contributed by atoms with Crippen molar-refractivity contribution in [2.24, 2.45) is 0 Å². The lowest BCUT2D eigenvalue weighted by Crippen LogP contribution is -2.35. The van der Waals surface area contributed by atoms with E-state index in [1.807, 2.05) is 12.1 Å². The van der Waals surface area contributed by atoms with E-state index in [2.05, 4.69) is 32.2 Å². The Morgan fingerprint density at radius 2 is 2.16 bits per heavy atom. The molecule has 1 aromatic carbocycles. The van der Waals surface area contributed by atoms with Gasteiger partial charge in [0.05, 0.1) is 5.60 Å². The average molecular weight is 265 g/mol. The second-order valence-electron chi connectivity index (χ2n) is 5.60. The molecule has 2 rings (SSSR count). The van der Waals surface area contributed by atoms with Crippen LogP contribution in [0.15, 0.2) is 18.2 Å². The van der Waals surface area contributed by atoms with E-state index in [9.17, 15) is 0 Å². The van der Waals surface area contributed by atoms with Crippen LogP contribution in [0.5, 0.6) is 11.5 Å². The quantitative estimate of drug-likeness (QED) is 0.858. The largest absolute Gasteiger partial charge is 0.454 e. The molecule has 0 saturated carbocycles. The van der Waals surface area contributed by atoms with Gasteiger partial charge in [0, 0.05) is 25.3 Å². The lowest BCUT2D eigenvalue weighted by molar-refractivity contribution is 0.00844. The molecule has 1 aliphatic rings. The first kappa shape index (κ1) is 14.2. The highest BCUT2D eigenvalue weighted by atomic mass is 16.7. The molecule has 1 aromatic rings. The number of fused-ring (bicyclic) bond motifs is 1. The molecule has 0 radical (unpaired) electrons. The van der Waals surface area contributed by atoms with Gasteiger partial charge in [0.25, 0.3) is 0 Å².